The first-order valence-electron chi connectivity index (χ1n) is 6.94. The molecular formula is C16H13BrN4O2S. The molecule has 1 heterocycles. The number of aromatic amines is 1. The highest BCUT2D eigenvalue weighted by Gasteiger charge is 2.11. The minimum Gasteiger partial charge on any atom is -0.503 e. The second-order valence-electron chi connectivity index (χ2n) is 4.79. The monoisotopic (exact) mass is 404 g/mol. The maximum atomic E-state index is 10.0. The lowest BCUT2D eigenvalue weighted by atomic mass is 10.2. The van der Waals surface area contributed by atoms with Gasteiger partial charge in [0.1, 0.15) is 0 Å². The van der Waals surface area contributed by atoms with Gasteiger partial charge in [-0.25, -0.2) is 5.10 Å². The Hall–Kier alpha value is -2.45. The van der Waals surface area contributed by atoms with Crippen molar-refractivity contribution >= 4 is 34.4 Å². The van der Waals surface area contributed by atoms with Gasteiger partial charge in [0, 0.05) is 11.1 Å². The van der Waals surface area contributed by atoms with Crippen LogP contribution < -0.4 is 4.74 Å². The van der Waals surface area contributed by atoms with Crippen LogP contribution in [-0.4, -0.2) is 33.3 Å². The van der Waals surface area contributed by atoms with Crippen LogP contribution in [0, 0.1) is 4.77 Å². The van der Waals surface area contributed by atoms with Gasteiger partial charge >= 0.3 is 0 Å². The third-order valence-electron chi connectivity index (χ3n) is 3.32. The van der Waals surface area contributed by atoms with Crippen LogP contribution in [0.4, 0.5) is 0 Å². The van der Waals surface area contributed by atoms with Gasteiger partial charge < -0.3 is 9.84 Å². The Morgan fingerprint density at radius 3 is 2.75 bits per heavy atom. The molecule has 0 aliphatic heterocycles. The summed E-state index contributed by atoms with van der Waals surface area (Å²) in [6.07, 6.45) is 1.58. The van der Waals surface area contributed by atoms with E-state index in [9.17, 15) is 5.11 Å². The second-order valence-corrected chi connectivity index (χ2v) is 5.97. The second kappa shape index (κ2) is 6.98. The maximum absolute atomic E-state index is 10.0. The van der Waals surface area contributed by atoms with Gasteiger partial charge in [-0.2, -0.15) is 14.9 Å². The summed E-state index contributed by atoms with van der Waals surface area (Å²) in [6.45, 7) is 0. The van der Waals surface area contributed by atoms with Crippen molar-refractivity contribution in [1.29, 1.82) is 0 Å². The Morgan fingerprint density at radius 2 is 2.04 bits per heavy atom. The third-order valence-corrected chi connectivity index (χ3v) is 4.42. The van der Waals surface area contributed by atoms with E-state index in [2.05, 4.69) is 31.2 Å². The van der Waals surface area contributed by atoms with Gasteiger partial charge in [0.15, 0.2) is 17.3 Å². The first kappa shape index (κ1) is 16.4. The molecule has 0 aliphatic carbocycles. The fourth-order valence-corrected chi connectivity index (χ4v) is 2.73. The summed E-state index contributed by atoms with van der Waals surface area (Å²) < 4.78 is 7.45. The minimum atomic E-state index is 0.0144. The quantitative estimate of drug-likeness (QED) is 0.509. The number of nitrogens with zero attached hydrogens (tertiary/aromatic N) is 3. The molecule has 3 aromatic rings. The number of benzene rings is 2. The standard InChI is InChI=1S/C16H13BrN4O2S/c1-23-12-8-7-11(13(17)14(12)22)9-18-21-15(19-20-16(21)24)10-5-3-2-4-6-10/h2-9,22H,1H3,(H,20,24)/b18-9-. The molecule has 6 nitrogen and oxygen atoms in total. The van der Waals surface area contributed by atoms with Crippen LogP contribution >= 0.6 is 28.1 Å². The summed E-state index contributed by atoms with van der Waals surface area (Å²) in [7, 11) is 1.49. The van der Waals surface area contributed by atoms with E-state index in [0.717, 1.165) is 5.56 Å². The number of phenolic OH excluding ortho intramolecular Hbond substituents is 1. The highest BCUT2D eigenvalue weighted by atomic mass is 79.9. The number of aromatic nitrogens is 3. The number of halogens is 1. The van der Waals surface area contributed by atoms with Crippen molar-refractivity contribution in [2.75, 3.05) is 7.11 Å². The Bertz CT molecular complexity index is 950. The molecule has 0 amide bonds. The number of hydrogen-bond acceptors (Lipinski definition) is 5. The summed E-state index contributed by atoms with van der Waals surface area (Å²) in [5, 5.41) is 21.4. The smallest absolute Gasteiger partial charge is 0.216 e. The number of methoxy groups -OCH3 is 1. The highest BCUT2D eigenvalue weighted by Crippen LogP contribution is 2.35. The molecule has 0 spiro atoms. The molecule has 0 aliphatic rings. The van der Waals surface area contributed by atoms with Crippen molar-refractivity contribution in [3.05, 3.63) is 57.3 Å². The lowest BCUT2D eigenvalue weighted by Crippen LogP contribution is -1.96. The van der Waals surface area contributed by atoms with Gasteiger partial charge in [0.05, 0.1) is 17.8 Å². The van der Waals surface area contributed by atoms with Crippen molar-refractivity contribution in [2.24, 2.45) is 5.10 Å². The molecule has 24 heavy (non-hydrogen) atoms. The fraction of sp³-hybridized carbons (Fsp3) is 0.0625. The van der Waals surface area contributed by atoms with E-state index in [1.807, 2.05) is 30.3 Å². The Kier molecular flexibility index (Phi) is 4.77. The molecule has 0 unspecified atom stereocenters. The van der Waals surface area contributed by atoms with Gasteiger partial charge in [-0.05, 0) is 40.3 Å². The first-order chi connectivity index (χ1) is 11.6. The molecular weight excluding hydrogens is 392 g/mol. The zero-order chi connectivity index (χ0) is 17.1. The van der Waals surface area contributed by atoms with Crippen LogP contribution in [0.15, 0.2) is 52.0 Å². The van der Waals surface area contributed by atoms with Crippen LogP contribution in [0.5, 0.6) is 11.5 Å². The van der Waals surface area contributed by atoms with E-state index in [-0.39, 0.29) is 5.75 Å². The molecule has 0 saturated carbocycles. The number of rotatable bonds is 4. The first-order valence-corrected chi connectivity index (χ1v) is 8.14. The lowest BCUT2D eigenvalue weighted by Gasteiger charge is -2.07. The van der Waals surface area contributed by atoms with Crippen molar-refractivity contribution in [3.8, 4) is 22.9 Å². The van der Waals surface area contributed by atoms with Gasteiger partial charge in [0.2, 0.25) is 4.77 Å². The molecule has 1 aromatic heterocycles. The van der Waals surface area contributed by atoms with Gasteiger partial charge in [-0.1, -0.05) is 30.3 Å². The average molecular weight is 405 g/mol. The van der Waals surface area contributed by atoms with Gasteiger partial charge in [0.25, 0.3) is 0 Å². The van der Waals surface area contributed by atoms with Crippen LogP contribution in [0.1, 0.15) is 5.56 Å². The Balaban J connectivity index is 2.01. The molecule has 2 aromatic carbocycles. The van der Waals surface area contributed by atoms with E-state index in [4.69, 9.17) is 17.0 Å². The van der Waals surface area contributed by atoms with Crippen molar-refractivity contribution in [3.63, 3.8) is 0 Å². The van der Waals surface area contributed by atoms with Gasteiger partial charge in [-0.15, -0.1) is 0 Å². The minimum absolute atomic E-state index is 0.0144. The average Bonchev–Trinajstić information content (AvgIpc) is 2.98. The molecule has 0 saturated heterocycles. The van der Waals surface area contributed by atoms with Crippen LogP contribution in [0.25, 0.3) is 11.4 Å². The largest absolute Gasteiger partial charge is 0.503 e. The summed E-state index contributed by atoms with van der Waals surface area (Å²) in [5.41, 5.74) is 1.56. The number of H-pyrrole nitrogens is 1. The predicted octanol–water partition coefficient (Wildman–Crippen LogP) is 3.97. The number of nitrogens with one attached hydrogen (secondary N) is 1. The van der Waals surface area contributed by atoms with E-state index < -0.39 is 0 Å². The molecule has 122 valence electrons. The van der Waals surface area contributed by atoms with E-state index in [1.54, 1.807) is 18.3 Å². The topological polar surface area (TPSA) is 75.4 Å². The van der Waals surface area contributed by atoms with Crippen LogP contribution in [0.3, 0.4) is 0 Å². The number of hydrogen-bond donors (Lipinski definition) is 2. The molecule has 0 atom stereocenters. The highest BCUT2D eigenvalue weighted by molar-refractivity contribution is 9.10. The van der Waals surface area contributed by atoms with Gasteiger partial charge in [-0.3, -0.25) is 0 Å². The molecule has 8 heteroatoms. The molecule has 0 radical (unpaired) electrons. The van der Waals surface area contributed by atoms with Crippen LogP contribution in [0.2, 0.25) is 0 Å². The normalized spacial score (nSPS) is 11.1. The van der Waals surface area contributed by atoms with E-state index in [0.29, 0.717) is 26.4 Å². The Labute approximate surface area is 151 Å². The maximum Gasteiger partial charge on any atom is 0.216 e. The number of aromatic hydroxyl groups is 1. The zero-order valence-electron chi connectivity index (χ0n) is 12.6. The van der Waals surface area contributed by atoms with Crippen molar-refractivity contribution < 1.29 is 9.84 Å². The summed E-state index contributed by atoms with van der Waals surface area (Å²) >= 11 is 8.57. The number of ether oxygens (including phenoxy) is 1. The lowest BCUT2D eigenvalue weighted by molar-refractivity contribution is 0.372. The molecule has 2 N–H and O–H groups in total. The van der Waals surface area contributed by atoms with E-state index in [1.165, 1.54) is 11.8 Å². The number of phenols is 1. The van der Waals surface area contributed by atoms with Crippen molar-refractivity contribution in [2.45, 2.75) is 0 Å². The summed E-state index contributed by atoms with van der Waals surface area (Å²) in [6, 6.07) is 13.0. The van der Waals surface area contributed by atoms with E-state index >= 15 is 0 Å². The molecule has 3 rings (SSSR count). The molecule has 0 fully saturated rings. The SMILES string of the molecule is COc1ccc(/C=N\n2c(-c3ccccc3)n[nH]c2=S)c(Br)c1O. The third kappa shape index (κ3) is 3.10. The summed E-state index contributed by atoms with van der Waals surface area (Å²) in [5.74, 6) is 0.996. The van der Waals surface area contributed by atoms with Crippen molar-refractivity contribution in [1.82, 2.24) is 14.9 Å². The molecule has 0 bridgehead atoms. The zero-order valence-corrected chi connectivity index (χ0v) is 15.0. The fourth-order valence-electron chi connectivity index (χ4n) is 2.12. The Morgan fingerprint density at radius 1 is 1.29 bits per heavy atom. The predicted molar refractivity (Wildman–Crippen MR) is 98.2 cm³/mol. The van der Waals surface area contributed by atoms with Crippen LogP contribution in [-0.2, 0) is 0 Å². The summed E-state index contributed by atoms with van der Waals surface area (Å²) in [4.78, 5) is 0.